The van der Waals surface area contributed by atoms with Gasteiger partial charge in [-0.25, -0.2) is 4.79 Å². The van der Waals surface area contributed by atoms with Crippen molar-refractivity contribution in [2.24, 2.45) is 0 Å². The Morgan fingerprint density at radius 1 is 1.33 bits per heavy atom. The van der Waals surface area contributed by atoms with E-state index in [1.54, 1.807) is 0 Å². The highest BCUT2D eigenvalue weighted by Gasteiger charge is 2.38. The number of aromatic carboxylic acids is 1. The molecule has 0 aliphatic carbocycles. The van der Waals surface area contributed by atoms with E-state index in [-0.39, 0.29) is 29.0 Å². The Hall–Kier alpha value is -1.91. The molecule has 9 heteroatoms. The van der Waals surface area contributed by atoms with Gasteiger partial charge < -0.3 is 39.7 Å². The Morgan fingerprint density at radius 2 is 2.04 bits per heavy atom. The van der Waals surface area contributed by atoms with Gasteiger partial charge in [0, 0.05) is 12.0 Å². The highest BCUT2D eigenvalue weighted by Crippen LogP contribution is 2.35. The van der Waals surface area contributed by atoms with Crippen molar-refractivity contribution >= 4 is 5.97 Å². The topological polar surface area (TPSA) is 146 Å². The normalized spacial score (nSPS) is 26.9. The number of carbonyl (C=O) groups is 1. The Bertz CT molecular complexity index is 563. The Morgan fingerprint density at radius 3 is 2.58 bits per heavy atom. The summed E-state index contributed by atoms with van der Waals surface area (Å²) in [5, 5.41) is 47.2. The summed E-state index contributed by atoms with van der Waals surface area (Å²) >= 11 is 0. The van der Waals surface area contributed by atoms with Crippen LogP contribution in [-0.2, 0) is 11.3 Å². The van der Waals surface area contributed by atoms with Crippen molar-refractivity contribution < 1.29 is 44.5 Å². The maximum Gasteiger partial charge on any atom is 0.335 e. The number of hydrogen-bond acceptors (Lipinski definition) is 8. The third-order valence-electron chi connectivity index (χ3n) is 3.73. The van der Waals surface area contributed by atoms with Crippen LogP contribution < -0.4 is 9.47 Å². The Kier molecular flexibility index (Phi) is 5.97. The fourth-order valence-corrected chi connectivity index (χ4v) is 2.46. The van der Waals surface area contributed by atoms with E-state index in [2.05, 4.69) is 0 Å². The number of methoxy groups -OCH3 is 1. The third kappa shape index (κ3) is 3.77. The quantitative estimate of drug-likeness (QED) is 0.443. The van der Waals surface area contributed by atoms with Gasteiger partial charge in [0.25, 0.3) is 0 Å². The van der Waals surface area contributed by atoms with E-state index in [9.17, 15) is 25.2 Å². The number of rotatable bonds is 6. The molecule has 0 spiro atoms. The first-order valence-corrected chi connectivity index (χ1v) is 7.25. The van der Waals surface area contributed by atoms with Crippen LogP contribution in [0.1, 0.15) is 22.3 Å². The molecule has 0 unspecified atom stereocenters. The van der Waals surface area contributed by atoms with Gasteiger partial charge >= 0.3 is 5.97 Å². The summed E-state index contributed by atoms with van der Waals surface area (Å²) in [7, 11) is 1.31. The summed E-state index contributed by atoms with van der Waals surface area (Å²) in [5.41, 5.74) is 0.0769. The molecule has 1 aliphatic heterocycles. The van der Waals surface area contributed by atoms with Gasteiger partial charge in [0.1, 0.15) is 12.2 Å². The van der Waals surface area contributed by atoms with Crippen LogP contribution in [0.25, 0.3) is 0 Å². The van der Waals surface area contributed by atoms with Crippen LogP contribution in [0.4, 0.5) is 0 Å². The number of benzene rings is 1. The van der Waals surface area contributed by atoms with Crippen molar-refractivity contribution in [3.63, 3.8) is 0 Å². The van der Waals surface area contributed by atoms with Crippen LogP contribution >= 0.6 is 0 Å². The van der Waals surface area contributed by atoms with E-state index < -0.39 is 43.8 Å². The zero-order valence-corrected chi connectivity index (χ0v) is 13.0. The van der Waals surface area contributed by atoms with Gasteiger partial charge in [-0.2, -0.15) is 0 Å². The Balaban J connectivity index is 2.30. The average Bonchev–Trinajstić information content (AvgIpc) is 2.57. The molecule has 134 valence electrons. The predicted molar refractivity (Wildman–Crippen MR) is 78.9 cm³/mol. The Labute approximate surface area is 137 Å². The molecule has 0 aromatic heterocycles. The first-order chi connectivity index (χ1) is 11.4. The van der Waals surface area contributed by atoms with E-state index in [1.807, 2.05) is 0 Å². The second kappa shape index (κ2) is 7.77. The van der Waals surface area contributed by atoms with Gasteiger partial charge in [-0.1, -0.05) is 0 Å². The lowest BCUT2D eigenvalue weighted by molar-refractivity contribution is -0.230. The predicted octanol–water partition coefficient (Wildman–Crippen LogP) is -0.906. The lowest BCUT2D eigenvalue weighted by Gasteiger charge is -2.36. The summed E-state index contributed by atoms with van der Waals surface area (Å²) in [6, 6.07) is 2.46. The second-order valence-corrected chi connectivity index (χ2v) is 5.33. The molecular formula is C15H20O9. The first-order valence-electron chi connectivity index (χ1n) is 7.25. The highest BCUT2D eigenvalue weighted by molar-refractivity contribution is 5.89. The molecule has 5 N–H and O–H groups in total. The van der Waals surface area contributed by atoms with Crippen LogP contribution in [0, 0.1) is 0 Å². The summed E-state index contributed by atoms with van der Waals surface area (Å²) in [6.45, 7) is -1.02. The summed E-state index contributed by atoms with van der Waals surface area (Å²) in [5.74, 6) is -1.05. The minimum atomic E-state index is -1.25. The van der Waals surface area contributed by atoms with E-state index in [4.69, 9.17) is 19.3 Å². The molecular weight excluding hydrogens is 324 g/mol. The van der Waals surface area contributed by atoms with Gasteiger partial charge in [0.05, 0.1) is 32.0 Å². The number of aliphatic hydroxyl groups excluding tert-OH is 4. The maximum absolute atomic E-state index is 11.1. The molecule has 1 saturated heterocycles. The standard InChI is InChI=1S/C15H20O9/c1-22-10-3-7(15(20)21)2-8(5-16)14(10)24-12-4-9(18)13(19)11(6-17)23-12/h2-3,9,11-13,16-19H,4-6H2,1H3,(H,20,21)/t9-,11-,12+,13+/m1/s1. The molecule has 0 bridgehead atoms. The number of carboxylic acid groups (broad SMARTS) is 1. The minimum absolute atomic E-state index is 0.0651. The van der Waals surface area contributed by atoms with Crippen molar-refractivity contribution in [3.8, 4) is 11.5 Å². The smallest absolute Gasteiger partial charge is 0.335 e. The number of carboxylic acids is 1. The largest absolute Gasteiger partial charge is 0.493 e. The fraction of sp³-hybridized carbons (Fsp3) is 0.533. The van der Waals surface area contributed by atoms with Crippen LogP contribution in [0.5, 0.6) is 11.5 Å². The molecule has 0 radical (unpaired) electrons. The van der Waals surface area contributed by atoms with Crippen LogP contribution in [0.3, 0.4) is 0 Å². The zero-order valence-electron chi connectivity index (χ0n) is 13.0. The van der Waals surface area contributed by atoms with E-state index in [0.29, 0.717) is 0 Å². The average molecular weight is 344 g/mol. The number of ether oxygens (including phenoxy) is 3. The van der Waals surface area contributed by atoms with Crippen LogP contribution in [0.15, 0.2) is 12.1 Å². The molecule has 24 heavy (non-hydrogen) atoms. The maximum atomic E-state index is 11.1. The summed E-state index contributed by atoms with van der Waals surface area (Å²) in [6.07, 6.45) is -4.53. The van der Waals surface area contributed by atoms with Crippen molar-refractivity contribution in [1.29, 1.82) is 0 Å². The molecule has 0 amide bonds. The van der Waals surface area contributed by atoms with Crippen molar-refractivity contribution in [2.75, 3.05) is 13.7 Å². The molecule has 1 fully saturated rings. The molecule has 4 atom stereocenters. The summed E-state index contributed by atoms with van der Waals surface area (Å²) in [4.78, 5) is 11.1. The van der Waals surface area contributed by atoms with Crippen LogP contribution in [-0.4, -0.2) is 69.8 Å². The molecule has 1 aromatic carbocycles. The van der Waals surface area contributed by atoms with Crippen LogP contribution in [0.2, 0.25) is 0 Å². The molecule has 9 nitrogen and oxygen atoms in total. The van der Waals surface area contributed by atoms with E-state index in [0.717, 1.165) is 0 Å². The first kappa shape index (κ1) is 18.4. The minimum Gasteiger partial charge on any atom is -0.493 e. The van der Waals surface area contributed by atoms with Gasteiger partial charge in [-0.15, -0.1) is 0 Å². The van der Waals surface area contributed by atoms with E-state index >= 15 is 0 Å². The second-order valence-electron chi connectivity index (χ2n) is 5.33. The molecule has 0 saturated carbocycles. The highest BCUT2D eigenvalue weighted by atomic mass is 16.7. The lowest BCUT2D eigenvalue weighted by atomic mass is 10.0. The van der Waals surface area contributed by atoms with Gasteiger partial charge in [-0.3, -0.25) is 0 Å². The number of aliphatic hydroxyl groups is 4. The SMILES string of the molecule is COc1cc(C(=O)O)cc(CO)c1O[C@H]1C[C@@H](O)[C@H](O)[C@@H](CO)O1. The van der Waals surface area contributed by atoms with Crippen molar-refractivity contribution in [1.82, 2.24) is 0 Å². The zero-order chi connectivity index (χ0) is 17.9. The monoisotopic (exact) mass is 344 g/mol. The van der Waals surface area contributed by atoms with Crippen molar-refractivity contribution in [3.05, 3.63) is 23.3 Å². The van der Waals surface area contributed by atoms with Gasteiger partial charge in [0.2, 0.25) is 6.29 Å². The lowest BCUT2D eigenvalue weighted by Crippen LogP contribution is -2.51. The third-order valence-corrected chi connectivity index (χ3v) is 3.73. The molecule has 2 rings (SSSR count). The number of hydrogen-bond donors (Lipinski definition) is 5. The van der Waals surface area contributed by atoms with Crippen molar-refractivity contribution in [2.45, 2.75) is 37.6 Å². The summed E-state index contributed by atoms with van der Waals surface area (Å²) < 4.78 is 16.1. The van der Waals surface area contributed by atoms with Gasteiger partial charge in [-0.05, 0) is 12.1 Å². The van der Waals surface area contributed by atoms with Gasteiger partial charge in [0.15, 0.2) is 11.5 Å². The molecule has 1 heterocycles. The molecule has 1 aromatic rings. The fourth-order valence-electron chi connectivity index (χ4n) is 2.46. The van der Waals surface area contributed by atoms with E-state index in [1.165, 1.54) is 19.2 Å². The molecule has 1 aliphatic rings.